The highest BCUT2D eigenvalue weighted by atomic mass is 79.9. The topological polar surface area (TPSA) is 49.3 Å². The minimum absolute atomic E-state index is 0.0995. The standard InChI is InChI=1S/C14H18BrNO2S/c15-10-4-5-12(13(19)7-10)14(18)16-8-9-2-1-3-11(17)6-9/h4-5,7,9,11,17,19H,1-3,6,8H2,(H,16,18). The van der Waals surface area contributed by atoms with Gasteiger partial charge in [-0.2, -0.15) is 0 Å². The van der Waals surface area contributed by atoms with Gasteiger partial charge in [0.05, 0.1) is 11.7 Å². The first-order chi connectivity index (χ1) is 9.06. The normalized spacial score (nSPS) is 23.1. The second kappa shape index (κ2) is 6.77. The molecule has 5 heteroatoms. The van der Waals surface area contributed by atoms with E-state index in [1.54, 1.807) is 6.07 Å². The molecule has 2 atom stereocenters. The number of aliphatic hydroxyl groups excluding tert-OH is 1. The number of rotatable bonds is 3. The molecule has 0 saturated heterocycles. The molecule has 0 radical (unpaired) electrons. The molecule has 2 N–H and O–H groups in total. The van der Waals surface area contributed by atoms with Gasteiger partial charge in [0.25, 0.3) is 5.91 Å². The number of carbonyl (C=O) groups is 1. The Labute approximate surface area is 127 Å². The summed E-state index contributed by atoms with van der Waals surface area (Å²) in [6.07, 6.45) is 3.58. The molecule has 1 aliphatic carbocycles. The van der Waals surface area contributed by atoms with Gasteiger partial charge in [0, 0.05) is 15.9 Å². The van der Waals surface area contributed by atoms with Gasteiger partial charge in [0.2, 0.25) is 0 Å². The Morgan fingerprint density at radius 2 is 2.26 bits per heavy atom. The first-order valence-electron chi connectivity index (χ1n) is 6.51. The van der Waals surface area contributed by atoms with E-state index >= 15 is 0 Å². The van der Waals surface area contributed by atoms with E-state index in [0.29, 0.717) is 22.9 Å². The summed E-state index contributed by atoms with van der Waals surface area (Å²) >= 11 is 7.66. The minimum Gasteiger partial charge on any atom is -0.393 e. The van der Waals surface area contributed by atoms with Crippen molar-refractivity contribution in [1.29, 1.82) is 0 Å². The molecule has 3 nitrogen and oxygen atoms in total. The van der Waals surface area contributed by atoms with Gasteiger partial charge in [-0.15, -0.1) is 12.6 Å². The predicted octanol–water partition coefficient (Wildman–Crippen LogP) is 3.02. The van der Waals surface area contributed by atoms with Crippen LogP contribution in [-0.2, 0) is 0 Å². The lowest BCUT2D eigenvalue weighted by Crippen LogP contribution is -2.33. The van der Waals surface area contributed by atoms with Crippen molar-refractivity contribution >= 4 is 34.5 Å². The number of nitrogens with one attached hydrogen (secondary N) is 1. The third-order valence-corrected chi connectivity index (χ3v) is 4.37. The molecule has 1 amide bonds. The molecule has 2 unspecified atom stereocenters. The van der Waals surface area contributed by atoms with Gasteiger partial charge < -0.3 is 10.4 Å². The van der Waals surface area contributed by atoms with Crippen LogP contribution in [0.2, 0.25) is 0 Å². The number of thiol groups is 1. The lowest BCUT2D eigenvalue weighted by atomic mass is 9.87. The summed E-state index contributed by atoms with van der Waals surface area (Å²) in [4.78, 5) is 12.7. The maximum Gasteiger partial charge on any atom is 0.252 e. The quantitative estimate of drug-likeness (QED) is 0.739. The highest BCUT2D eigenvalue weighted by molar-refractivity contribution is 9.10. The molecular weight excluding hydrogens is 326 g/mol. The molecule has 1 aromatic carbocycles. The van der Waals surface area contributed by atoms with Crippen LogP contribution < -0.4 is 5.32 Å². The summed E-state index contributed by atoms with van der Waals surface area (Å²) in [5.41, 5.74) is 0.586. The van der Waals surface area contributed by atoms with Crippen LogP contribution in [0.4, 0.5) is 0 Å². The van der Waals surface area contributed by atoms with Crippen LogP contribution in [0.3, 0.4) is 0 Å². The zero-order valence-electron chi connectivity index (χ0n) is 10.6. The second-order valence-electron chi connectivity index (χ2n) is 5.06. The minimum atomic E-state index is -0.205. The summed E-state index contributed by atoms with van der Waals surface area (Å²) in [5.74, 6) is 0.282. The fraction of sp³-hybridized carbons (Fsp3) is 0.500. The third-order valence-electron chi connectivity index (χ3n) is 3.51. The molecule has 1 aromatic rings. The predicted molar refractivity (Wildman–Crippen MR) is 81.7 cm³/mol. The lowest BCUT2D eigenvalue weighted by Gasteiger charge is -2.25. The summed E-state index contributed by atoms with van der Waals surface area (Å²) in [6.45, 7) is 0.624. The Morgan fingerprint density at radius 3 is 2.95 bits per heavy atom. The number of halogens is 1. The Balaban J connectivity index is 1.90. The van der Waals surface area contributed by atoms with E-state index in [0.717, 1.165) is 30.2 Å². The summed E-state index contributed by atoms with van der Waals surface area (Å²) < 4.78 is 0.907. The molecule has 2 rings (SSSR count). The number of carbonyl (C=O) groups excluding carboxylic acids is 1. The van der Waals surface area contributed by atoms with Crippen molar-refractivity contribution in [2.24, 2.45) is 5.92 Å². The number of hydrogen-bond acceptors (Lipinski definition) is 3. The first-order valence-corrected chi connectivity index (χ1v) is 7.75. The second-order valence-corrected chi connectivity index (χ2v) is 6.46. The van der Waals surface area contributed by atoms with Crippen LogP contribution in [0, 0.1) is 5.92 Å². The molecule has 0 heterocycles. The van der Waals surface area contributed by atoms with Gasteiger partial charge in [0.1, 0.15) is 0 Å². The summed E-state index contributed by atoms with van der Waals surface area (Å²) in [6, 6.07) is 5.40. The average molecular weight is 344 g/mol. The number of aliphatic hydroxyl groups is 1. The summed E-state index contributed by atoms with van der Waals surface area (Å²) in [7, 11) is 0. The van der Waals surface area contributed by atoms with Crippen molar-refractivity contribution in [3.63, 3.8) is 0 Å². The molecule has 0 spiro atoms. The van der Waals surface area contributed by atoms with Crippen molar-refractivity contribution in [3.8, 4) is 0 Å². The van der Waals surface area contributed by atoms with Crippen LogP contribution in [0.25, 0.3) is 0 Å². The van der Waals surface area contributed by atoms with Crippen molar-refractivity contribution in [3.05, 3.63) is 28.2 Å². The Bertz CT molecular complexity index is 467. The molecule has 0 bridgehead atoms. The van der Waals surface area contributed by atoms with E-state index < -0.39 is 0 Å². The average Bonchev–Trinajstić information content (AvgIpc) is 2.36. The van der Waals surface area contributed by atoms with Gasteiger partial charge in [-0.1, -0.05) is 22.4 Å². The largest absolute Gasteiger partial charge is 0.393 e. The molecule has 104 valence electrons. The van der Waals surface area contributed by atoms with Gasteiger partial charge in [-0.25, -0.2) is 0 Å². The Hall–Kier alpha value is -0.520. The van der Waals surface area contributed by atoms with Crippen LogP contribution in [0.15, 0.2) is 27.6 Å². The monoisotopic (exact) mass is 343 g/mol. The molecular formula is C14H18BrNO2S. The molecule has 1 saturated carbocycles. The summed E-state index contributed by atoms with van der Waals surface area (Å²) in [5, 5.41) is 12.5. The zero-order valence-corrected chi connectivity index (χ0v) is 13.1. The Morgan fingerprint density at radius 1 is 1.47 bits per heavy atom. The van der Waals surface area contributed by atoms with E-state index in [9.17, 15) is 9.90 Å². The van der Waals surface area contributed by atoms with E-state index in [2.05, 4.69) is 33.9 Å². The highest BCUT2D eigenvalue weighted by Crippen LogP contribution is 2.24. The van der Waals surface area contributed by atoms with Crippen molar-refractivity contribution in [1.82, 2.24) is 5.32 Å². The van der Waals surface area contributed by atoms with E-state index in [-0.39, 0.29) is 12.0 Å². The van der Waals surface area contributed by atoms with E-state index in [4.69, 9.17) is 0 Å². The van der Waals surface area contributed by atoms with Crippen LogP contribution in [-0.4, -0.2) is 23.7 Å². The van der Waals surface area contributed by atoms with Crippen molar-refractivity contribution in [2.45, 2.75) is 36.7 Å². The van der Waals surface area contributed by atoms with Gasteiger partial charge in [0.15, 0.2) is 0 Å². The van der Waals surface area contributed by atoms with Crippen LogP contribution in [0.5, 0.6) is 0 Å². The fourth-order valence-corrected chi connectivity index (χ4v) is 3.33. The van der Waals surface area contributed by atoms with Crippen LogP contribution in [0.1, 0.15) is 36.0 Å². The smallest absolute Gasteiger partial charge is 0.252 e. The SMILES string of the molecule is O=C(NCC1CCCC(O)C1)c1ccc(Br)cc1S. The maximum absolute atomic E-state index is 12.1. The molecule has 0 aromatic heterocycles. The number of amides is 1. The lowest BCUT2D eigenvalue weighted by molar-refractivity contribution is 0.0872. The van der Waals surface area contributed by atoms with Gasteiger partial charge in [-0.3, -0.25) is 4.79 Å². The van der Waals surface area contributed by atoms with E-state index in [1.165, 1.54) is 0 Å². The van der Waals surface area contributed by atoms with Crippen molar-refractivity contribution < 1.29 is 9.90 Å². The molecule has 1 aliphatic rings. The van der Waals surface area contributed by atoms with Gasteiger partial charge in [-0.05, 0) is 43.4 Å². The van der Waals surface area contributed by atoms with Crippen LogP contribution >= 0.6 is 28.6 Å². The third kappa shape index (κ3) is 4.23. The zero-order chi connectivity index (χ0) is 13.8. The van der Waals surface area contributed by atoms with Crippen molar-refractivity contribution in [2.75, 3.05) is 6.54 Å². The number of benzene rings is 1. The highest BCUT2D eigenvalue weighted by Gasteiger charge is 2.21. The first kappa shape index (κ1) is 14.9. The van der Waals surface area contributed by atoms with Gasteiger partial charge >= 0.3 is 0 Å². The fourth-order valence-electron chi connectivity index (χ4n) is 2.48. The van der Waals surface area contributed by atoms with E-state index in [1.807, 2.05) is 12.1 Å². The molecule has 0 aliphatic heterocycles. The molecule has 1 fully saturated rings. The Kier molecular flexibility index (Phi) is 5.30. The maximum atomic E-state index is 12.1. The molecule has 19 heavy (non-hydrogen) atoms. The number of hydrogen-bond donors (Lipinski definition) is 3.